The number of para-hydroxylation sites is 1. The molecule has 0 fully saturated rings. The van der Waals surface area contributed by atoms with Crippen LogP contribution in [-0.4, -0.2) is 18.5 Å². The van der Waals surface area contributed by atoms with Crippen molar-refractivity contribution >= 4 is 23.3 Å². The molecular weight excluding hydrogens is 313 g/mol. The van der Waals surface area contributed by atoms with E-state index in [1.54, 1.807) is 0 Å². The van der Waals surface area contributed by atoms with Crippen LogP contribution in [0, 0.1) is 17.5 Å². The lowest BCUT2D eigenvalue weighted by Crippen LogP contribution is -2.22. The second-order valence-corrected chi connectivity index (χ2v) is 4.45. The van der Waals surface area contributed by atoms with E-state index < -0.39 is 41.6 Å². The Hall–Kier alpha value is -3.03. The molecule has 0 aliphatic rings. The highest BCUT2D eigenvalue weighted by atomic mass is 19.1. The molecule has 0 heterocycles. The van der Waals surface area contributed by atoms with Gasteiger partial charge in [0.05, 0.1) is 5.56 Å². The number of nitrogen functional groups attached to an aromatic ring is 1. The zero-order valence-corrected chi connectivity index (χ0v) is 11.6. The van der Waals surface area contributed by atoms with Crippen LogP contribution < -0.4 is 11.1 Å². The van der Waals surface area contributed by atoms with Crippen molar-refractivity contribution in [3.05, 3.63) is 59.4 Å². The number of amides is 1. The Kier molecular flexibility index (Phi) is 4.85. The van der Waals surface area contributed by atoms with Crippen LogP contribution in [0.1, 0.15) is 10.4 Å². The average molecular weight is 324 g/mol. The van der Waals surface area contributed by atoms with Crippen LogP contribution in [0.25, 0.3) is 0 Å². The molecule has 0 bridgehead atoms. The third-order valence-electron chi connectivity index (χ3n) is 2.80. The van der Waals surface area contributed by atoms with Gasteiger partial charge in [0, 0.05) is 5.69 Å². The van der Waals surface area contributed by atoms with Crippen molar-refractivity contribution < 1.29 is 27.5 Å². The lowest BCUT2D eigenvalue weighted by atomic mass is 10.2. The third-order valence-corrected chi connectivity index (χ3v) is 2.80. The van der Waals surface area contributed by atoms with E-state index in [2.05, 4.69) is 4.74 Å². The maximum atomic E-state index is 13.4. The predicted octanol–water partition coefficient (Wildman–Crippen LogP) is 2.48. The minimum Gasteiger partial charge on any atom is -0.452 e. The van der Waals surface area contributed by atoms with Crippen molar-refractivity contribution in [3.63, 3.8) is 0 Å². The first-order valence-electron chi connectivity index (χ1n) is 6.34. The normalized spacial score (nSPS) is 10.2. The van der Waals surface area contributed by atoms with E-state index in [0.717, 1.165) is 36.4 Å². The van der Waals surface area contributed by atoms with Gasteiger partial charge in [-0.1, -0.05) is 6.07 Å². The molecule has 0 aliphatic heterocycles. The van der Waals surface area contributed by atoms with Crippen LogP contribution in [0.3, 0.4) is 0 Å². The van der Waals surface area contributed by atoms with E-state index in [9.17, 15) is 22.8 Å². The minimum absolute atomic E-state index is 0.128. The molecule has 0 atom stereocenters. The van der Waals surface area contributed by atoms with Crippen molar-refractivity contribution in [1.29, 1.82) is 0 Å². The van der Waals surface area contributed by atoms with Gasteiger partial charge in [-0.3, -0.25) is 4.79 Å². The van der Waals surface area contributed by atoms with Gasteiger partial charge in [0.25, 0.3) is 5.91 Å². The molecule has 0 aromatic heterocycles. The van der Waals surface area contributed by atoms with E-state index in [1.807, 2.05) is 5.32 Å². The highest BCUT2D eigenvalue weighted by Gasteiger charge is 2.16. The number of rotatable bonds is 4. The van der Waals surface area contributed by atoms with Crippen molar-refractivity contribution in [2.24, 2.45) is 0 Å². The van der Waals surface area contributed by atoms with E-state index in [1.165, 1.54) is 0 Å². The summed E-state index contributed by atoms with van der Waals surface area (Å²) in [6.07, 6.45) is 0. The fraction of sp³-hybridized carbons (Fsp3) is 0.0667. The molecule has 120 valence electrons. The number of hydrogen-bond acceptors (Lipinski definition) is 4. The molecule has 2 aromatic carbocycles. The standard InChI is InChI=1S/C15H11F3N2O3/c16-8-4-5-9(12(19)6-8)15(22)23-7-13(21)20-14-10(17)2-1-3-11(14)18/h1-6H,7,19H2,(H,20,21). The Morgan fingerprint density at radius 3 is 2.35 bits per heavy atom. The molecule has 0 unspecified atom stereocenters. The number of nitrogens with two attached hydrogens (primary N) is 1. The lowest BCUT2D eigenvalue weighted by Gasteiger charge is -2.09. The smallest absolute Gasteiger partial charge is 0.340 e. The Bertz CT molecular complexity index is 745. The van der Waals surface area contributed by atoms with Crippen molar-refractivity contribution in [1.82, 2.24) is 0 Å². The van der Waals surface area contributed by atoms with Gasteiger partial charge in [0.1, 0.15) is 23.1 Å². The molecule has 3 N–H and O–H groups in total. The van der Waals surface area contributed by atoms with E-state index in [-0.39, 0.29) is 11.3 Å². The van der Waals surface area contributed by atoms with Crippen LogP contribution >= 0.6 is 0 Å². The number of halogens is 3. The first-order valence-corrected chi connectivity index (χ1v) is 6.34. The van der Waals surface area contributed by atoms with E-state index in [0.29, 0.717) is 0 Å². The minimum atomic E-state index is -0.966. The number of benzene rings is 2. The molecule has 0 saturated heterocycles. The SMILES string of the molecule is Nc1cc(F)ccc1C(=O)OCC(=O)Nc1c(F)cccc1F. The Labute approximate surface area is 128 Å². The summed E-state index contributed by atoms with van der Waals surface area (Å²) in [7, 11) is 0. The molecule has 2 aromatic rings. The molecule has 2 rings (SSSR count). The Morgan fingerprint density at radius 1 is 1.09 bits per heavy atom. The summed E-state index contributed by atoms with van der Waals surface area (Å²) in [6, 6.07) is 6.08. The van der Waals surface area contributed by atoms with Gasteiger partial charge in [-0.15, -0.1) is 0 Å². The largest absolute Gasteiger partial charge is 0.452 e. The number of hydrogen-bond donors (Lipinski definition) is 2. The fourth-order valence-corrected chi connectivity index (χ4v) is 1.72. The molecular formula is C15H11F3N2O3. The van der Waals surface area contributed by atoms with Crippen LogP contribution in [-0.2, 0) is 9.53 Å². The number of carbonyl (C=O) groups excluding carboxylic acids is 2. The quantitative estimate of drug-likeness (QED) is 0.669. The second kappa shape index (κ2) is 6.82. The van der Waals surface area contributed by atoms with Crippen molar-refractivity contribution in [2.45, 2.75) is 0 Å². The molecule has 0 radical (unpaired) electrons. The number of ether oxygens (including phenoxy) is 1. The molecule has 0 spiro atoms. The third kappa shape index (κ3) is 4.00. The van der Waals surface area contributed by atoms with Crippen LogP contribution in [0.15, 0.2) is 36.4 Å². The lowest BCUT2D eigenvalue weighted by molar-refractivity contribution is -0.119. The summed E-state index contributed by atoms with van der Waals surface area (Å²) in [5, 5.41) is 1.95. The topological polar surface area (TPSA) is 81.4 Å². The highest BCUT2D eigenvalue weighted by molar-refractivity contribution is 5.98. The second-order valence-electron chi connectivity index (χ2n) is 4.45. The average Bonchev–Trinajstić information content (AvgIpc) is 2.49. The number of anilines is 2. The Balaban J connectivity index is 1.98. The molecule has 5 nitrogen and oxygen atoms in total. The molecule has 8 heteroatoms. The van der Waals surface area contributed by atoms with Gasteiger partial charge in [0.2, 0.25) is 0 Å². The van der Waals surface area contributed by atoms with Gasteiger partial charge in [-0.2, -0.15) is 0 Å². The van der Waals surface area contributed by atoms with Gasteiger partial charge >= 0.3 is 5.97 Å². The first-order chi connectivity index (χ1) is 10.9. The zero-order chi connectivity index (χ0) is 17.0. The summed E-state index contributed by atoms with van der Waals surface area (Å²) in [4.78, 5) is 23.3. The summed E-state index contributed by atoms with van der Waals surface area (Å²) < 4.78 is 44.2. The summed E-state index contributed by atoms with van der Waals surface area (Å²) >= 11 is 0. The van der Waals surface area contributed by atoms with Gasteiger partial charge < -0.3 is 15.8 Å². The maximum Gasteiger partial charge on any atom is 0.340 e. The van der Waals surface area contributed by atoms with Crippen molar-refractivity contribution in [2.75, 3.05) is 17.7 Å². The highest BCUT2D eigenvalue weighted by Crippen LogP contribution is 2.18. The fourth-order valence-electron chi connectivity index (χ4n) is 1.72. The van der Waals surface area contributed by atoms with Crippen LogP contribution in [0.5, 0.6) is 0 Å². The first kappa shape index (κ1) is 16.3. The van der Waals surface area contributed by atoms with E-state index >= 15 is 0 Å². The van der Waals surface area contributed by atoms with Crippen LogP contribution in [0.2, 0.25) is 0 Å². The number of nitrogens with one attached hydrogen (secondary N) is 1. The van der Waals surface area contributed by atoms with Crippen molar-refractivity contribution in [3.8, 4) is 0 Å². The summed E-state index contributed by atoms with van der Waals surface area (Å²) in [5.41, 5.74) is 4.52. The van der Waals surface area contributed by atoms with Crippen LogP contribution in [0.4, 0.5) is 24.5 Å². The van der Waals surface area contributed by atoms with Gasteiger partial charge in [0.15, 0.2) is 6.61 Å². The van der Waals surface area contributed by atoms with Gasteiger partial charge in [-0.25, -0.2) is 18.0 Å². The zero-order valence-electron chi connectivity index (χ0n) is 11.6. The number of esters is 1. The maximum absolute atomic E-state index is 13.4. The molecule has 0 saturated carbocycles. The molecule has 0 aliphatic carbocycles. The molecule has 23 heavy (non-hydrogen) atoms. The summed E-state index contributed by atoms with van der Waals surface area (Å²) in [5.74, 6) is -4.47. The van der Waals surface area contributed by atoms with E-state index in [4.69, 9.17) is 5.73 Å². The van der Waals surface area contributed by atoms with Gasteiger partial charge in [-0.05, 0) is 30.3 Å². The number of carbonyl (C=O) groups is 2. The predicted molar refractivity (Wildman–Crippen MR) is 76.1 cm³/mol. The Morgan fingerprint density at radius 2 is 1.74 bits per heavy atom. The summed E-state index contributed by atoms with van der Waals surface area (Å²) in [6.45, 7) is -0.788. The monoisotopic (exact) mass is 324 g/mol. The molecule has 1 amide bonds.